The minimum absolute atomic E-state index is 0.486. The molecule has 1 nitrogen and oxygen atoms in total. The van der Waals surface area contributed by atoms with Crippen LogP contribution in [0.5, 0.6) is 0 Å². The molecule has 1 radical (unpaired) electrons. The third-order valence-electron chi connectivity index (χ3n) is 3.34. The number of hydrogen-bond donors (Lipinski definition) is 0. The van der Waals surface area contributed by atoms with Gasteiger partial charge < -0.3 is 0 Å². The summed E-state index contributed by atoms with van der Waals surface area (Å²) in [5, 5.41) is 1.18. The highest BCUT2D eigenvalue weighted by molar-refractivity contribution is 5.81. The van der Waals surface area contributed by atoms with Gasteiger partial charge in [-0.3, -0.25) is 0 Å². The van der Waals surface area contributed by atoms with E-state index in [1.807, 2.05) is 18.2 Å². The predicted molar refractivity (Wildman–Crippen MR) is 80.1 cm³/mol. The number of hydrogen-bond acceptors (Lipinski definition) is 1. The Kier molecular flexibility index (Phi) is 3.04. The molecule has 0 amide bonds. The Balaban J connectivity index is 2.11. The quantitative estimate of drug-likeness (QED) is 0.631. The molecule has 0 atom stereocenters. The van der Waals surface area contributed by atoms with Gasteiger partial charge >= 0.3 is 0 Å². The normalized spacial score (nSPS) is 11.1. The molecule has 0 unspecified atom stereocenters. The number of pyridine rings is 1. The SMILES string of the molecule is CC(C)c1[c]ccc(-c2ccc3ccccc3n2)c1. The van der Waals surface area contributed by atoms with Crippen LogP contribution >= 0.6 is 0 Å². The van der Waals surface area contributed by atoms with Gasteiger partial charge in [-0.1, -0.05) is 50.2 Å². The number of aromatic nitrogens is 1. The molecule has 19 heavy (non-hydrogen) atoms. The van der Waals surface area contributed by atoms with E-state index >= 15 is 0 Å². The Labute approximate surface area is 113 Å². The fraction of sp³-hybridized carbons (Fsp3) is 0.167. The number of fused-ring (bicyclic) bond motifs is 1. The first-order chi connectivity index (χ1) is 9.24. The van der Waals surface area contributed by atoms with Gasteiger partial charge in [0.25, 0.3) is 0 Å². The van der Waals surface area contributed by atoms with Crippen LogP contribution < -0.4 is 0 Å². The lowest BCUT2D eigenvalue weighted by Gasteiger charge is -2.08. The van der Waals surface area contributed by atoms with Crippen molar-refractivity contribution in [1.29, 1.82) is 0 Å². The lowest BCUT2D eigenvalue weighted by Crippen LogP contribution is -1.90. The van der Waals surface area contributed by atoms with Crippen molar-refractivity contribution in [2.75, 3.05) is 0 Å². The first kappa shape index (κ1) is 11.9. The van der Waals surface area contributed by atoms with Crippen molar-refractivity contribution in [3.8, 4) is 11.3 Å². The van der Waals surface area contributed by atoms with Crippen LogP contribution in [0.25, 0.3) is 22.2 Å². The van der Waals surface area contributed by atoms with E-state index in [1.54, 1.807) is 0 Å². The van der Waals surface area contributed by atoms with Crippen LogP contribution in [0.3, 0.4) is 0 Å². The molecule has 1 aromatic heterocycles. The summed E-state index contributed by atoms with van der Waals surface area (Å²) >= 11 is 0. The summed E-state index contributed by atoms with van der Waals surface area (Å²) in [7, 11) is 0. The molecule has 1 heterocycles. The topological polar surface area (TPSA) is 12.9 Å². The van der Waals surface area contributed by atoms with Gasteiger partial charge in [-0.25, -0.2) is 4.98 Å². The second-order valence-corrected chi connectivity index (χ2v) is 5.08. The molecule has 3 rings (SSSR count). The van der Waals surface area contributed by atoms with Gasteiger partial charge in [-0.2, -0.15) is 0 Å². The monoisotopic (exact) mass is 246 g/mol. The molecule has 2 aromatic carbocycles. The number of rotatable bonds is 2. The Morgan fingerprint density at radius 1 is 1.00 bits per heavy atom. The Hall–Kier alpha value is -2.15. The van der Waals surface area contributed by atoms with Crippen molar-refractivity contribution in [3.63, 3.8) is 0 Å². The third kappa shape index (κ3) is 2.37. The largest absolute Gasteiger partial charge is 0.248 e. The van der Waals surface area contributed by atoms with Crippen molar-refractivity contribution < 1.29 is 0 Å². The first-order valence-electron chi connectivity index (χ1n) is 6.62. The molecule has 0 saturated heterocycles. The molecule has 0 saturated carbocycles. The molecule has 0 spiro atoms. The van der Waals surface area contributed by atoms with Crippen LogP contribution in [0.4, 0.5) is 0 Å². The molecule has 0 aliphatic carbocycles. The average Bonchev–Trinajstić information content (AvgIpc) is 2.47. The van der Waals surface area contributed by atoms with Crippen molar-refractivity contribution in [1.82, 2.24) is 4.98 Å². The van der Waals surface area contributed by atoms with Gasteiger partial charge in [0.15, 0.2) is 0 Å². The fourth-order valence-corrected chi connectivity index (χ4v) is 2.20. The van der Waals surface area contributed by atoms with Crippen LogP contribution in [-0.2, 0) is 0 Å². The molecule has 1 heteroatoms. The number of para-hydroxylation sites is 1. The van der Waals surface area contributed by atoms with Crippen LogP contribution in [-0.4, -0.2) is 4.98 Å². The van der Waals surface area contributed by atoms with Crippen molar-refractivity contribution in [2.45, 2.75) is 19.8 Å². The van der Waals surface area contributed by atoms with E-state index in [0.29, 0.717) is 5.92 Å². The lowest BCUT2D eigenvalue weighted by molar-refractivity contribution is 0.865. The summed E-state index contributed by atoms with van der Waals surface area (Å²) in [4.78, 5) is 4.73. The second kappa shape index (κ2) is 4.85. The van der Waals surface area contributed by atoms with E-state index in [9.17, 15) is 0 Å². The summed E-state index contributed by atoms with van der Waals surface area (Å²) in [6.45, 7) is 4.37. The number of nitrogens with zero attached hydrogens (tertiary/aromatic N) is 1. The molecular weight excluding hydrogens is 230 g/mol. The van der Waals surface area contributed by atoms with E-state index in [1.165, 1.54) is 10.9 Å². The zero-order chi connectivity index (χ0) is 13.2. The summed E-state index contributed by atoms with van der Waals surface area (Å²) < 4.78 is 0. The Morgan fingerprint density at radius 2 is 1.84 bits per heavy atom. The highest BCUT2D eigenvalue weighted by Gasteiger charge is 2.04. The van der Waals surface area contributed by atoms with E-state index in [2.05, 4.69) is 56.3 Å². The second-order valence-electron chi connectivity index (χ2n) is 5.08. The standard InChI is InChI=1S/C18H16N/c1-13(2)15-7-5-8-16(12-15)18-11-10-14-6-3-4-9-17(14)19-18/h3-6,8-13H,1-2H3. The van der Waals surface area contributed by atoms with E-state index < -0.39 is 0 Å². The minimum atomic E-state index is 0.486. The van der Waals surface area contributed by atoms with E-state index in [4.69, 9.17) is 4.98 Å². The maximum absolute atomic E-state index is 4.73. The van der Waals surface area contributed by atoms with Gasteiger partial charge in [0.2, 0.25) is 0 Å². The fourth-order valence-electron chi connectivity index (χ4n) is 2.20. The number of benzene rings is 2. The van der Waals surface area contributed by atoms with Crippen LogP contribution in [0, 0.1) is 6.07 Å². The summed E-state index contributed by atoms with van der Waals surface area (Å²) in [5.41, 5.74) is 4.45. The molecule has 0 bridgehead atoms. The Morgan fingerprint density at radius 3 is 2.68 bits per heavy atom. The molecule has 0 aliphatic heterocycles. The molecule has 0 aliphatic rings. The maximum Gasteiger partial charge on any atom is 0.0709 e. The highest BCUT2D eigenvalue weighted by atomic mass is 14.7. The smallest absolute Gasteiger partial charge is 0.0709 e. The van der Waals surface area contributed by atoms with Crippen LogP contribution in [0.15, 0.2) is 54.6 Å². The van der Waals surface area contributed by atoms with Crippen molar-refractivity contribution >= 4 is 10.9 Å². The van der Waals surface area contributed by atoms with Gasteiger partial charge in [-0.05, 0) is 35.7 Å². The van der Waals surface area contributed by atoms with Gasteiger partial charge in [0, 0.05) is 10.9 Å². The molecule has 93 valence electrons. The zero-order valence-corrected chi connectivity index (χ0v) is 11.2. The summed E-state index contributed by atoms with van der Waals surface area (Å²) in [6.07, 6.45) is 0. The Bertz CT molecular complexity index is 713. The molecular formula is C18H16N. The molecule has 3 aromatic rings. The van der Waals surface area contributed by atoms with Crippen molar-refractivity contribution in [3.05, 3.63) is 66.2 Å². The minimum Gasteiger partial charge on any atom is -0.248 e. The van der Waals surface area contributed by atoms with Crippen LogP contribution in [0.1, 0.15) is 25.3 Å². The first-order valence-corrected chi connectivity index (χ1v) is 6.62. The maximum atomic E-state index is 4.73. The van der Waals surface area contributed by atoms with Gasteiger partial charge in [-0.15, -0.1) is 0 Å². The molecule has 0 fully saturated rings. The van der Waals surface area contributed by atoms with Gasteiger partial charge in [0.05, 0.1) is 11.2 Å². The van der Waals surface area contributed by atoms with Gasteiger partial charge in [0.1, 0.15) is 0 Å². The lowest BCUT2D eigenvalue weighted by atomic mass is 9.99. The van der Waals surface area contributed by atoms with E-state index in [-0.39, 0.29) is 0 Å². The zero-order valence-electron chi connectivity index (χ0n) is 11.2. The predicted octanol–water partition coefficient (Wildman–Crippen LogP) is 4.83. The van der Waals surface area contributed by atoms with Crippen molar-refractivity contribution in [2.24, 2.45) is 0 Å². The summed E-state index contributed by atoms with van der Waals surface area (Å²) in [5.74, 6) is 0.486. The van der Waals surface area contributed by atoms with Crippen LogP contribution in [0.2, 0.25) is 0 Å². The average molecular weight is 246 g/mol. The third-order valence-corrected chi connectivity index (χ3v) is 3.34. The molecule has 0 N–H and O–H groups in total. The highest BCUT2D eigenvalue weighted by Crippen LogP contribution is 2.24. The summed E-state index contributed by atoms with van der Waals surface area (Å²) in [6, 6.07) is 21.9. The van der Waals surface area contributed by atoms with E-state index in [0.717, 1.165) is 16.8 Å².